The zero-order chi connectivity index (χ0) is 9.07. The smallest absolute Gasteiger partial charge is 0.117 e. The topological polar surface area (TPSA) is 29.5 Å². The van der Waals surface area contributed by atoms with Crippen molar-refractivity contribution in [1.29, 1.82) is 0 Å². The van der Waals surface area contributed by atoms with Gasteiger partial charge in [-0.3, -0.25) is 0 Å². The number of unbranched alkanes of at least 4 members (excludes halogenated alkanes) is 5. The Bertz CT molecular complexity index is 100. The highest BCUT2D eigenvalue weighted by Gasteiger charge is 1.88. The molecule has 0 unspecified atom stereocenters. The Labute approximate surface area is 75.2 Å². The molecule has 2 heteroatoms. The molecule has 0 saturated heterocycles. The minimum absolute atomic E-state index is 0.725. The molecule has 1 N–H and O–H groups in total. The monoisotopic (exact) mass is 172 g/mol. The Morgan fingerprint density at radius 2 is 1.75 bits per heavy atom. The van der Waals surface area contributed by atoms with E-state index in [9.17, 15) is 0 Å². The van der Waals surface area contributed by atoms with Gasteiger partial charge < -0.3 is 9.84 Å². The fourth-order valence-corrected chi connectivity index (χ4v) is 1.08. The van der Waals surface area contributed by atoms with Crippen LogP contribution in [0.2, 0.25) is 0 Å². The molecule has 0 saturated carbocycles. The number of aliphatic hydroxyl groups excluding tert-OH is 1. The molecule has 0 aromatic heterocycles. The van der Waals surface area contributed by atoms with Gasteiger partial charge in [0.2, 0.25) is 0 Å². The molecule has 0 bridgehead atoms. The molecule has 0 radical (unpaired) electrons. The average molecular weight is 172 g/mol. The molecule has 0 aromatic carbocycles. The largest absolute Gasteiger partial charge is 0.512 e. The van der Waals surface area contributed by atoms with Crippen LogP contribution in [0.25, 0.3) is 0 Å². The SMILES string of the molecule is CCCCCCCCOC=CO. The van der Waals surface area contributed by atoms with E-state index in [2.05, 4.69) is 6.92 Å². The summed E-state index contributed by atoms with van der Waals surface area (Å²) in [6, 6.07) is 0. The first-order valence-corrected chi connectivity index (χ1v) is 4.82. The predicted molar refractivity (Wildman–Crippen MR) is 51.1 cm³/mol. The zero-order valence-corrected chi connectivity index (χ0v) is 7.96. The van der Waals surface area contributed by atoms with Crippen LogP contribution in [0.15, 0.2) is 12.5 Å². The second-order valence-corrected chi connectivity index (χ2v) is 2.92. The Morgan fingerprint density at radius 1 is 1.08 bits per heavy atom. The van der Waals surface area contributed by atoms with E-state index >= 15 is 0 Å². The molecule has 72 valence electrons. The van der Waals surface area contributed by atoms with Gasteiger partial charge in [0.1, 0.15) is 12.5 Å². The summed E-state index contributed by atoms with van der Waals surface area (Å²) < 4.78 is 4.96. The standard InChI is InChI=1S/C10H20O2/c1-2-3-4-5-6-7-9-12-10-8-11/h8,10-11H,2-7,9H2,1H3. The third-order valence-electron chi connectivity index (χ3n) is 1.77. The van der Waals surface area contributed by atoms with Crippen molar-refractivity contribution in [2.24, 2.45) is 0 Å². The summed E-state index contributed by atoms with van der Waals surface area (Å²) in [7, 11) is 0. The van der Waals surface area contributed by atoms with Gasteiger partial charge >= 0.3 is 0 Å². The normalized spacial score (nSPS) is 10.8. The minimum Gasteiger partial charge on any atom is -0.512 e. The lowest BCUT2D eigenvalue weighted by atomic mass is 10.1. The summed E-state index contributed by atoms with van der Waals surface area (Å²) in [5.74, 6) is 0. The lowest BCUT2D eigenvalue weighted by Gasteiger charge is -2.00. The van der Waals surface area contributed by atoms with Crippen molar-refractivity contribution in [1.82, 2.24) is 0 Å². The van der Waals surface area contributed by atoms with Crippen molar-refractivity contribution in [3.05, 3.63) is 12.5 Å². The first-order chi connectivity index (χ1) is 5.91. The van der Waals surface area contributed by atoms with E-state index in [0.717, 1.165) is 19.3 Å². The summed E-state index contributed by atoms with van der Waals surface area (Å²) in [6.45, 7) is 2.94. The number of hydrogen-bond donors (Lipinski definition) is 1. The second-order valence-electron chi connectivity index (χ2n) is 2.92. The molecule has 0 fully saturated rings. The minimum atomic E-state index is 0.725. The summed E-state index contributed by atoms with van der Waals surface area (Å²) in [6.07, 6.45) is 9.87. The van der Waals surface area contributed by atoms with Crippen LogP contribution >= 0.6 is 0 Å². The molecule has 0 heterocycles. The number of hydrogen-bond acceptors (Lipinski definition) is 2. The van der Waals surface area contributed by atoms with Crippen molar-refractivity contribution in [3.8, 4) is 0 Å². The highest BCUT2D eigenvalue weighted by Crippen LogP contribution is 2.04. The van der Waals surface area contributed by atoms with Crippen LogP contribution in [0.4, 0.5) is 0 Å². The van der Waals surface area contributed by atoms with Crippen LogP contribution in [-0.2, 0) is 4.74 Å². The van der Waals surface area contributed by atoms with E-state index in [1.807, 2.05) is 0 Å². The zero-order valence-electron chi connectivity index (χ0n) is 7.96. The maximum absolute atomic E-state index is 8.23. The molecular formula is C10H20O2. The van der Waals surface area contributed by atoms with E-state index in [0.29, 0.717) is 0 Å². The molecular weight excluding hydrogens is 152 g/mol. The highest BCUT2D eigenvalue weighted by molar-refractivity contribution is 4.56. The van der Waals surface area contributed by atoms with Gasteiger partial charge in [-0.05, 0) is 6.42 Å². The molecule has 0 aliphatic rings. The molecule has 0 spiro atoms. The van der Waals surface area contributed by atoms with E-state index < -0.39 is 0 Å². The Balaban J connectivity index is 2.81. The molecule has 0 aliphatic carbocycles. The van der Waals surface area contributed by atoms with Gasteiger partial charge in [0.15, 0.2) is 0 Å². The van der Waals surface area contributed by atoms with Gasteiger partial charge in [0.25, 0.3) is 0 Å². The lowest BCUT2D eigenvalue weighted by Crippen LogP contribution is -1.87. The number of rotatable bonds is 8. The second kappa shape index (κ2) is 10.3. The summed E-state index contributed by atoms with van der Waals surface area (Å²) >= 11 is 0. The van der Waals surface area contributed by atoms with E-state index in [4.69, 9.17) is 9.84 Å². The van der Waals surface area contributed by atoms with Crippen LogP contribution in [0.3, 0.4) is 0 Å². The van der Waals surface area contributed by atoms with Crippen LogP contribution in [0.5, 0.6) is 0 Å². The summed E-state index contributed by atoms with van der Waals surface area (Å²) in [5.41, 5.74) is 0. The average Bonchev–Trinajstić information content (AvgIpc) is 2.10. The first kappa shape index (κ1) is 11.3. The van der Waals surface area contributed by atoms with Crippen molar-refractivity contribution in [2.75, 3.05) is 6.61 Å². The van der Waals surface area contributed by atoms with Crippen molar-refractivity contribution in [2.45, 2.75) is 45.4 Å². The van der Waals surface area contributed by atoms with Gasteiger partial charge in [-0.2, -0.15) is 0 Å². The van der Waals surface area contributed by atoms with Crippen LogP contribution in [0.1, 0.15) is 45.4 Å². The third kappa shape index (κ3) is 9.34. The van der Waals surface area contributed by atoms with Crippen LogP contribution < -0.4 is 0 Å². The van der Waals surface area contributed by atoms with E-state index in [1.165, 1.54) is 38.4 Å². The first-order valence-electron chi connectivity index (χ1n) is 4.82. The highest BCUT2D eigenvalue weighted by atomic mass is 16.5. The van der Waals surface area contributed by atoms with Gasteiger partial charge in [-0.15, -0.1) is 0 Å². The van der Waals surface area contributed by atoms with Gasteiger partial charge in [-0.25, -0.2) is 0 Å². The molecule has 0 atom stereocenters. The maximum Gasteiger partial charge on any atom is 0.117 e. The lowest BCUT2D eigenvalue weighted by molar-refractivity contribution is 0.230. The van der Waals surface area contributed by atoms with Crippen molar-refractivity contribution >= 4 is 0 Å². The van der Waals surface area contributed by atoms with Gasteiger partial charge in [0, 0.05) is 0 Å². The third-order valence-corrected chi connectivity index (χ3v) is 1.77. The molecule has 12 heavy (non-hydrogen) atoms. The van der Waals surface area contributed by atoms with Crippen LogP contribution in [0, 0.1) is 0 Å². The van der Waals surface area contributed by atoms with E-state index in [1.54, 1.807) is 0 Å². The summed E-state index contributed by atoms with van der Waals surface area (Å²) in [4.78, 5) is 0. The molecule has 0 rings (SSSR count). The Hall–Kier alpha value is -0.660. The number of ether oxygens (including phenoxy) is 1. The fraction of sp³-hybridized carbons (Fsp3) is 0.800. The fourth-order valence-electron chi connectivity index (χ4n) is 1.08. The summed E-state index contributed by atoms with van der Waals surface area (Å²) in [5, 5.41) is 8.23. The Morgan fingerprint density at radius 3 is 2.42 bits per heavy atom. The van der Waals surface area contributed by atoms with Crippen molar-refractivity contribution < 1.29 is 9.84 Å². The molecule has 0 aliphatic heterocycles. The molecule has 0 amide bonds. The predicted octanol–water partition coefficient (Wildman–Crippen LogP) is 3.39. The molecule has 2 nitrogen and oxygen atoms in total. The van der Waals surface area contributed by atoms with Crippen LogP contribution in [-0.4, -0.2) is 11.7 Å². The Kier molecular flexibility index (Phi) is 9.77. The maximum atomic E-state index is 8.23. The van der Waals surface area contributed by atoms with Gasteiger partial charge in [-0.1, -0.05) is 39.0 Å². The van der Waals surface area contributed by atoms with E-state index in [-0.39, 0.29) is 0 Å². The quantitative estimate of drug-likeness (QED) is 0.449. The molecule has 0 aromatic rings. The van der Waals surface area contributed by atoms with Crippen molar-refractivity contribution in [3.63, 3.8) is 0 Å². The van der Waals surface area contributed by atoms with Gasteiger partial charge in [0.05, 0.1) is 6.61 Å². The number of aliphatic hydroxyl groups is 1.